The van der Waals surface area contributed by atoms with Gasteiger partial charge in [-0.3, -0.25) is 9.69 Å². The van der Waals surface area contributed by atoms with Crippen molar-refractivity contribution in [3.8, 4) is 11.5 Å². The molecule has 0 aliphatic heterocycles. The van der Waals surface area contributed by atoms with E-state index in [9.17, 15) is 9.18 Å². The van der Waals surface area contributed by atoms with Gasteiger partial charge in [-0.1, -0.05) is 18.2 Å². The lowest BCUT2D eigenvalue weighted by Gasteiger charge is -2.23. The minimum absolute atomic E-state index is 0.0373. The molecule has 32 heavy (non-hydrogen) atoms. The third kappa shape index (κ3) is 6.85. The number of likely N-dealkylation sites (N-methyl/N-ethyl adjacent to an activating group) is 1. The summed E-state index contributed by atoms with van der Waals surface area (Å²) in [5.41, 5.74) is 1.80. The first-order valence-electron chi connectivity index (χ1n) is 10.4. The maximum absolute atomic E-state index is 13.4. The zero-order valence-corrected chi connectivity index (χ0v) is 18.7. The summed E-state index contributed by atoms with van der Waals surface area (Å²) < 4.78 is 30.2. The van der Waals surface area contributed by atoms with Gasteiger partial charge in [0.2, 0.25) is 5.91 Å². The van der Waals surface area contributed by atoms with Crippen molar-refractivity contribution >= 4 is 5.91 Å². The fourth-order valence-corrected chi connectivity index (χ4v) is 3.23. The average Bonchev–Trinajstić information content (AvgIpc) is 3.29. The SMILES string of the molecule is COc1cc(CCN(CC(=O)N(C)C)Cc2ccco2)ccc1OCc1cccc(F)c1. The molecule has 3 aromatic rings. The van der Waals surface area contributed by atoms with Crippen LogP contribution in [0.4, 0.5) is 4.39 Å². The van der Waals surface area contributed by atoms with Crippen LogP contribution in [0.5, 0.6) is 11.5 Å². The van der Waals surface area contributed by atoms with Crippen LogP contribution < -0.4 is 9.47 Å². The molecule has 0 saturated carbocycles. The van der Waals surface area contributed by atoms with E-state index < -0.39 is 0 Å². The standard InChI is InChI=1S/C25H29FN2O4/c1-27(2)25(29)17-28(16-22-8-5-13-31-22)12-11-19-9-10-23(24(15-19)30-3)32-18-20-6-4-7-21(26)14-20/h4-10,13-15H,11-12,16-18H2,1-3H3. The summed E-state index contributed by atoms with van der Waals surface area (Å²) in [6.45, 7) is 1.78. The first-order valence-corrected chi connectivity index (χ1v) is 10.4. The van der Waals surface area contributed by atoms with E-state index in [-0.39, 0.29) is 18.3 Å². The number of methoxy groups -OCH3 is 1. The molecular weight excluding hydrogens is 411 g/mol. The monoisotopic (exact) mass is 440 g/mol. The van der Waals surface area contributed by atoms with Crippen molar-refractivity contribution in [2.24, 2.45) is 0 Å². The molecule has 3 rings (SSSR count). The zero-order valence-electron chi connectivity index (χ0n) is 18.7. The van der Waals surface area contributed by atoms with Gasteiger partial charge in [0, 0.05) is 20.6 Å². The Morgan fingerprint density at radius 2 is 1.88 bits per heavy atom. The van der Waals surface area contributed by atoms with Crippen LogP contribution in [0.3, 0.4) is 0 Å². The van der Waals surface area contributed by atoms with Crippen molar-refractivity contribution in [3.63, 3.8) is 0 Å². The van der Waals surface area contributed by atoms with Gasteiger partial charge in [0.25, 0.3) is 0 Å². The third-order valence-corrected chi connectivity index (χ3v) is 5.05. The Labute approximate surface area is 188 Å². The number of carbonyl (C=O) groups excluding carboxylic acids is 1. The number of hydrogen-bond acceptors (Lipinski definition) is 5. The highest BCUT2D eigenvalue weighted by molar-refractivity contribution is 5.77. The Bertz CT molecular complexity index is 1000. The topological polar surface area (TPSA) is 55.2 Å². The fourth-order valence-electron chi connectivity index (χ4n) is 3.23. The second-order valence-corrected chi connectivity index (χ2v) is 7.73. The van der Waals surface area contributed by atoms with E-state index in [1.54, 1.807) is 38.4 Å². The lowest BCUT2D eigenvalue weighted by Crippen LogP contribution is -2.37. The van der Waals surface area contributed by atoms with Crippen LogP contribution in [0, 0.1) is 5.82 Å². The van der Waals surface area contributed by atoms with E-state index >= 15 is 0 Å². The predicted molar refractivity (Wildman–Crippen MR) is 120 cm³/mol. The number of hydrogen-bond donors (Lipinski definition) is 0. The number of ether oxygens (including phenoxy) is 2. The Balaban J connectivity index is 1.63. The van der Waals surface area contributed by atoms with E-state index in [1.807, 2.05) is 36.4 Å². The van der Waals surface area contributed by atoms with Gasteiger partial charge < -0.3 is 18.8 Å². The van der Waals surface area contributed by atoms with Gasteiger partial charge >= 0.3 is 0 Å². The highest BCUT2D eigenvalue weighted by atomic mass is 19.1. The van der Waals surface area contributed by atoms with Crippen LogP contribution in [-0.4, -0.2) is 50.0 Å². The van der Waals surface area contributed by atoms with Crippen LogP contribution in [0.1, 0.15) is 16.9 Å². The largest absolute Gasteiger partial charge is 0.493 e. The van der Waals surface area contributed by atoms with Gasteiger partial charge in [0.1, 0.15) is 18.2 Å². The second-order valence-electron chi connectivity index (χ2n) is 7.73. The highest BCUT2D eigenvalue weighted by Gasteiger charge is 2.15. The number of carbonyl (C=O) groups is 1. The number of amides is 1. The fraction of sp³-hybridized carbons (Fsp3) is 0.320. The molecule has 0 fully saturated rings. The molecule has 0 aliphatic rings. The normalized spacial score (nSPS) is 10.9. The summed E-state index contributed by atoms with van der Waals surface area (Å²) >= 11 is 0. The molecule has 2 aromatic carbocycles. The molecule has 0 aliphatic carbocycles. The number of nitrogens with zero attached hydrogens (tertiary/aromatic N) is 2. The van der Waals surface area contributed by atoms with Crippen LogP contribution >= 0.6 is 0 Å². The molecule has 0 atom stereocenters. The smallest absolute Gasteiger partial charge is 0.236 e. The van der Waals surface area contributed by atoms with Crippen molar-refractivity contribution in [2.75, 3.05) is 34.3 Å². The van der Waals surface area contributed by atoms with Crippen LogP contribution in [-0.2, 0) is 24.4 Å². The summed E-state index contributed by atoms with van der Waals surface area (Å²) in [5.74, 6) is 1.77. The van der Waals surface area contributed by atoms with Gasteiger partial charge in [-0.2, -0.15) is 0 Å². The quantitative estimate of drug-likeness (QED) is 0.449. The lowest BCUT2D eigenvalue weighted by atomic mass is 10.1. The Morgan fingerprint density at radius 3 is 2.56 bits per heavy atom. The maximum atomic E-state index is 13.4. The Hall–Kier alpha value is -3.32. The Morgan fingerprint density at radius 1 is 1.03 bits per heavy atom. The number of halogens is 1. The van der Waals surface area contributed by atoms with Gasteiger partial charge in [0.15, 0.2) is 11.5 Å². The van der Waals surface area contributed by atoms with Gasteiger partial charge in [-0.25, -0.2) is 4.39 Å². The predicted octanol–water partition coefficient (Wildman–Crippen LogP) is 4.14. The zero-order chi connectivity index (χ0) is 22.9. The van der Waals surface area contributed by atoms with E-state index in [2.05, 4.69) is 4.90 Å². The molecule has 170 valence electrons. The molecular formula is C25H29FN2O4. The Kier molecular flexibility index (Phi) is 8.27. The minimum Gasteiger partial charge on any atom is -0.493 e. The van der Waals surface area contributed by atoms with E-state index in [1.165, 1.54) is 12.1 Å². The van der Waals surface area contributed by atoms with Crippen molar-refractivity contribution in [1.82, 2.24) is 9.80 Å². The first-order chi connectivity index (χ1) is 15.4. The molecule has 7 heteroatoms. The van der Waals surface area contributed by atoms with Crippen LogP contribution in [0.2, 0.25) is 0 Å². The van der Waals surface area contributed by atoms with Crippen molar-refractivity contribution in [1.29, 1.82) is 0 Å². The molecule has 1 aromatic heterocycles. The molecule has 0 spiro atoms. The lowest BCUT2D eigenvalue weighted by molar-refractivity contribution is -0.130. The molecule has 1 amide bonds. The molecule has 0 saturated heterocycles. The summed E-state index contributed by atoms with van der Waals surface area (Å²) in [6.07, 6.45) is 2.36. The maximum Gasteiger partial charge on any atom is 0.236 e. The van der Waals surface area contributed by atoms with E-state index in [4.69, 9.17) is 13.9 Å². The average molecular weight is 441 g/mol. The van der Waals surface area contributed by atoms with Crippen LogP contribution in [0.15, 0.2) is 65.3 Å². The second kappa shape index (κ2) is 11.3. The number of rotatable bonds is 11. The van der Waals surface area contributed by atoms with Crippen molar-refractivity contribution in [2.45, 2.75) is 19.6 Å². The molecule has 1 heterocycles. The summed E-state index contributed by atoms with van der Waals surface area (Å²) in [4.78, 5) is 15.9. The van der Waals surface area contributed by atoms with Crippen LogP contribution in [0.25, 0.3) is 0 Å². The summed E-state index contributed by atoms with van der Waals surface area (Å²) in [6, 6.07) is 15.8. The van der Waals surface area contributed by atoms with Crippen molar-refractivity contribution in [3.05, 3.63) is 83.6 Å². The number of furan rings is 1. The molecule has 0 unspecified atom stereocenters. The third-order valence-electron chi connectivity index (χ3n) is 5.05. The molecule has 0 N–H and O–H groups in total. The molecule has 0 radical (unpaired) electrons. The highest BCUT2D eigenvalue weighted by Crippen LogP contribution is 2.29. The minimum atomic E-state index is -0.291. The molecule has 0 bridgehead atoms. The summed E-state index contributed by atoms with van der Waals surface area (Å²) in [7, 11) is 5.09. The number of benzene rings is 2. The van der Waals surface area contributed by atoms with Crippen molar-refractivity contribution < 1.29 is 23.1 Å². The van der Waals surface area contributed by atoms with E-state index in [0.717, 1.165) is 23.3 Å². The van der Waals surface area contributed by atoms with E-state index in [0.29, 0.717) is 31.1 Å². The van der Waals surface area contributed by atoms with Gasteiger partial charge in [-0.15, -0.1) is 0 Å². The van der Waals surface area contributed by atoms with Gasteiger partial charge in [0.05, 0.1) is 26.5 Å². The van der Waals surface area contributed by atoms with Gasteiger partial charge in [-0.05, 0) is 53.9 Å². The molecule has 6 nitrogen and oxygen atoms in total. The summed E-state index contributed by atoms with van der Waals surface area (Å²) in [5, 5.41) is 0. The first kappa shape index (κ1) is 23.3.